The van der Waals surface area contributed by atoms with Crippen molar-refractivity contribution in [2.24, 2.45) is 11.3 Å². The van der Waals surface area contributed by atoms with Crippen molar-refractivity contribution in [1.82, 2.24) is 26.2 Å². The standard InChI is InChI=1S/C36H49N5O7/c1-6-23(2)30-34(45)39-29(19-25-11-15-28(47-5)16-12-25)33(44)38-24(3)31(42)37-17-7-8-18-41(35(46)36(4)21-48-22-36)20-26-9-13-27(14-10-26)32(43)40-30/h9-16,23-24,29-30H,6-8,17-22H2,1-5H3,(H,37,42)(H,38,44)(H,39,45)(H,40,43)/t23-,24+,29-,30?/m0/s1. The van der Waals surface area contributed by atoms with E-state index in [-0.39, 0.29) is 24.2 Å². The number of nitrogens with one attached hydrogen (secondary N) is 4. The van der Waals surface area contributed by atoms with Gasteiger partial charge in [-0.1, -0.05) is 44.5 Å². The van der Waals surface area contributed by atoms with Crippen LogP contribution in [0.4, 0.5) is 0 Å². The maximum absolute atomic E-state index is 13.8. The summed E-state index contributed by atoms with van der Waals surface area (Å²) in [5.41, 5.74) is 1.42. The third-order valence-corrected chi connectivity index (χ3v) is 9.15. The van der Waals surface area contributed by atoms with Gasteiger partial charge in [0.25, 0.3) is 5.91 Å². The maximum atomic E-state index is 13.8. The van der Waals surface area contributed by atoms with Crippen LogP contribution in [0.25, 0.3) is 0 Å². The minimum absolute atomic E-state index is 0.000864. The molecule has 0 spiro atoms. The Labute approximate surface area is 282 Å². The van der Waals surface area contributed by atoms with Crippen LogP contribution in [0.5, 0.6) is 5.75 Å². The lowest BCUT2D eigenvalue weighted by Gasteiger charge is -2.40. The van der Waals surface area contributed by atoms with E-state index in [1.54, 1.807) is 55.3 Å². The van der Waals surface area contributed by atoms with Crippen molar-refractivity contribution in [1.29, 1.82) is 0 Å². The summed E-state index contributed by atoms with van der Waals surface area (Å²) in [5.74, 6) is -1.42. The van der Waals surface area contributed by atoms with Gasteiger partial charge in [0.1, 0.15) is 23.9 Å². The Morgan fingerprint density at radius 3 is 2.25 bits per heavy atom. The summed E-state index contributed by atoms with van der Waals surface area (Å²) in [6, 6.07) is 11.3. The third kappa shape index (κ3) is 9.33. The van der Waals surface area contributed by atoms with E-state index < -0.39 is 41.3 Å². The van der Waals surface area contributed by atoms with Crippen LogP contribution in [0.3, 0.4) is 0 Å². The molecular weight excluding hydrogens is 614 g/mol. The van der Waals surface area contributed by atoms with Crippen LogP contribution in [0.2, 0.25) is 0 Å². The van der Waals surface area contributed by atoms with Gasteiger partial charge >= 0.3 is 0 Å². The molecule has 48 heavy (non-hydrogen) atoms. The van der Waals surface area contributed by atoms with Gasteiger partial charge in [-0.15, -0.1) is 0 Å². The van der Waals surface area contributed by atoms with E-state index in [4.69, 9.17) is 9.47 Å². The fourth-order valence-corrected chi connectivity index (χ4v) is 5.71. The van der Waals surface area contributed by atoms with Crippen molar-refractivity contribution in [3.8, 4) is 5.75 Å². The van der Waals surface area contributed by atoms with Gasteiger partial charge in [0.05, 0.1) is 25.7 Å². The van der Waals surface area contributed by atoms with Gasteiger partial charge < -0.3 is 35.6 Å². The normalized spacial score (nSPS) is 23.4. The summed E-state index contributed by atoms with van der Waals surface area (Å²) in [6.07, 6.45) is 2.02. The van der Waals surface area contributed by atoms with Crippen molar-refractivity contribution in [2.75, 3.05) is 33.4 Å². The van der Waals surface area contributed by atoms with Crippen LogP contribution in [0.1, 0.15) is 68.4 Å². The SMILES string of the molecule is CC[C@H](C)C1NC(=O)c2ccc(cc2)CN(C(=O)C2(C)COC2)CCCCNC(=O)[C@@H](C)NC(=O)[C@H](Cc2ccc(OC)cc2)NC1=O. The van der Waals surface area contributed by atoms with Gasteiger partial charge in [0.2, 0.25) is 23.6 Å². The Kier molecular flexibility index (Phi) is 12.6. The number of hydrogen-bond acceptors (Lipinski definition) is 7. The topological polar surface area (TPSA) is 155 Å². The molecule has 12 nitrogen and oxygen atoms in total. The molecule has 0 radical (unpaired) electrons. The molecule has 1 fully saturated rings. The molecule has 0 aliphatic carbocycles. The summed E-state index contributed by atoms with van der Waals surface area (Å²) in [4.78, 5) is 69.0. The summed E-state index contributed by atoms with van der Waals surface area (Å²) in [7, 11) is 1.56. The molecule has 1 unspecified atom stereocenters. The van der Waals surface area contributed by atoms with E-state index in [1.165, 1.54) is 0 Å². The minimum Gasteiger partial charge on any atom is -0.497 e. The highest BCUT2D eigenvalue weighted by molar-refractivity contribution is 5.99. The average molecular weight is 664 g/mol. The molecule has 0 aromatic heterocycles. The molecule has 4 atom stereocenters. The number of rotatable bonds is 6. The Hall–Kier alpha value is -4.45. The summed E-state index contributed by atoms with van der Waals surface area (Å²) in [6.45, 7) is 9.21. The molecule has 2 aromatic rings. The number of carbonyl (C=O) groups excluding carboxylic acids is 5. The molecule has 5 amide bonds. The number of carbonyl (C=O) groups is 5. The monoisotopic (exact) mass is 663 g/mol. The third-order valence-electron chi connectivity index (χ3n) is 9.15. The second-order valence-electron chi connectivity index (χ2n) is 13.2. The van der Waals surface area contributed by atoms with Gasteiger partial charge in [-0.05, 0) is 68.0 Å². The lowest BCUT2D eigenvalue weighted by molar-refractivity contribution is -0.169. The van der Waals surface area contributed by atoms with Crippen LogP contribution >= 0.6 is 0 Å². The Bertz CT molecular complexity index is 1440. The Balaban J connectivity index is 1.60. The summed E-state index contributed by atoms with van der Waals surface area (Å²) >= 11 is 0. The predicted octanol–water partition coefficient (Wildman–Crippen LogP) is 2.35. The number of benzene rings is 2. The molecule has 1 saturated heterocycles. The van der Waals surface area contributed by atoms with E-state index in [0.29, 0.717) is 63.4 Å². The number of ether oxygens (including phenoxy) is 2. The smallest absolute Gasteiger partial charge is 0.251 e. The van der Waals surface area contributed by atoms with E-state index >= 15 is 0 Å². The largest absolute Gasteiger partial charge is 0.497 e. The van der Waals surface area contributed by atoms with Crippen molar-refractivity contribution in [2.45, 2.75) is 78.0 Å². The molecule has 12 heteroatoms. The first-order valence-electron chi connectivity index (χ1n) is 16.7. The van der Waals surface area contributed by atoms with E-state index in [2.05, 4.69) is 21.3 Å². The lowest BCUT2D eigenvalue weighted by Crippen LogP contribution is -2.58. The second-order valence-corrected chi connectivity index (χ2v) is 13.2. The molecule has 5 rings (SSSR count). The number of nitrogens with zero attached hydrogens (tertiary/aromatic N) is 1. The van der Waals surface area contributed by atoms with Gasteiger partial charge in [0, 0.05) is 31.6 Å². The van der Waals surface area contributed by atoms with Crippen molar-refractivity contribution in [3.63, 3.8) is 0 Å². The molecule has 2 aromatic carbocycles. The van der Waals surface area contributed by atoms with E-state index in [0.717, 1.165) is 11.1 Å². The first kappa shape index (κ1) is 36.4. The zero-order chi connectivity index (χ0) is 34.8. The number of hydrogen-bond donors (Lipinski definition) is 4. The van der Waals surface area contributed by atoms with Gasteiger partial charge in [-0.25, -0.2) is 0 Å². The molecule has 0 saturated carbocycles. The maximum Gasteiger partial charge on any atom is 0.251 e. The van der Waals surface area contributed by atoms with Gasteiger partial charge in [0.15, 0.2) is 0 Å². The fourth-order valence-electron chi connectivity index (χ4n) is 5.71. The van der Waals surface area contributed by atoms with Crippen LogP contribution in [-0.4, -0.2) is 86.0 Å². The summed E-state index contributed by atoms with van der Waals surface area (Å²) in [5, 5.41) is 11.3. The highest BCUT2D eigenvalue weighted by Crippen LogP contribution is 2.30. The van der Waals surface area contributed by atoms with Crippen molar-refractivity contribution < 1.29 is 33.4 Å². The number of amides is 5. The fraction of sp³-hybridized carbons (Fsp3) is 0.528. The highest BCUT2D eigenvalue weighted by atomic mass is 16.5. The quantitative estimate of drug-likeness (QED) is 0.346. The molecule has 3 heterocycles. The summed E-state index contributed by atoms with van der Waals surface area (Å²) < 4.78 is 10.6. The molecule has 3 aliphatic rings. The van der Waals surface area contributed by atoms with Gasteiger partial charge in [-0.2, -0.15) is 0 Å². The lowest BCUT2D eigenvalue weighted by atomic mass is 9.86. The molecule has 2 bridgehead atoms. The Morgan fingerprint density at radius 1 is 0.958 bits per heavy atom. The predicted molar refractivity (Wildman–Crippen MR) is 180 cm³/mol. The van der Waals surface area contributed by atoms with Crippen LogP contribution < -0.4 is 26.0 Å². The van der Waals surface area contributed by atoms with Crippen molar-refractivity contribution >= 4 is 29.5 Å². The first-order chi connectivity index (χ1) is 22.9. The second kappa shape index (κ2) is 16.6. The van der Waals surface area contributed by atoms with Crippen LogP contribution in [0, 0.1) is 11.3 Å². The molecule has 4 N–H and O–H groups in total. The zero-order valence-corrected chi connectivity index (χ0v) is 28.6. The highest BCUT2D eigenvalue weighted by Gasteiger charge is 2.43. The minimum atomic E-state index is -1.02. The first-order valence-corrected chi connectivity index (χ1v) is 16.7. The number of methoxy groups -OCH3 is 1. The molecule has 260 valence electrons. The average Bonchev–Trinajstić information content (AvgIpc) is 3.07. The molecular formula is C36H49N5O7. The van der Waals surface area contributed by atoms with Crippen LogP contribution in [-0.2, 0) is 36.9 Å². The number of fused-ring (bicyclic) bond motifs is 18. The Morgan fingerprint density at radius 2 is 1.65 bits per heavy atom. The van der Waals surface area contributed by atoms with Crippen molar-refractivity contribution in [3.05, 3.63) is 65.2 Å². The van der Waals surface area contributed by atoms with Gasteiger partial charge in [-0.3, -0.25) is 24.0 Å². The molecule has 3 aliphatic heterocycles. The zero-order valence-electron chi connectivity index (χ0n) is 28.6. The van der Waals surface area contributed by atoms with E-state index in [9.17, 15) is 24.0 Å². The van der Waals surface area contributed by atoms with Crippen LogP contribution in [0.15, 0.2) is 48.5 Å². The van der Waals surface area contributed by atoms with E-state index in [1.807, 2.05) is 32.9 Å².